The first-order valence-electron chi connectivity index (χ1n) is 8.17. The van der Waals surface area contributed by atoms with Crippen LogP contribution in [0.3, 0.4) is 0 Å². The predicted octanol–water partition coefficient (Wildman–Crippen LogP) is 3.92. The van der Waals surface area contributed by atoms with Gasteiger partial charge in [-0.3, -0.25) is 9.69 Å². The van der Waals surface area contributed by atoms with E-state index in [1.54, 1.807) is 6.26 Å². The fourth-order valence-corrected chi connectivity index (χ4v) is 3.52. The number of carboxylic acids is 1. The van der Waals surface area contributed by atoms with Crippen molar-refractivity contribution in [2.75, 3.05) is 6.54 Å². The van der Waals surface area contributed by atoms with Crippen molar-refractivity contribution < 1.29 is 14.3 Å². The quantitative estimate of drug-likeness (QED) is 0.929. The number of furan rings is 1. The fraction of sp³-hybridized carbons (Fsp3) is 0.421. The Morgan fingerprint density at radius 2 is 2.13 bits per heavy atom. The summed E-state index contributed by atoms with van der Waals surface area (Å²) in [5.74, 6) is 0.0680. The van der Waals surface area contributed by atoms with Crippen LogP contribution in [0.25, 0.3) is 0 Å². The third kappa shape index (κ3) is 3.17. The Kier molecular flexibility index (Phi) is 4.53. The molecule has 1 aliphatic heterocycles. The fourth-order valence-electron chi connectivity index (χ4n) is 3.52. The molecule has 0 spiro atoms. The van der Waals surface area contributed by atoms with Crippen LogP contribution in [-0.2, 0) is 4.79 Å². The van der Waals surface area contributed by atoms with E-state index < -0.39 is 12.0 Å². The van der Waals surface area contributed by atoms with Gasteiger partial charge in [-0.2, -0.15) is 0 Å². The molecule has 3 rings (SSSR count). The van der Waals surface area contributed by atoms with Crippen LogP contribution < -0.4 is 0 Å². The monoisotopic (exact) mass is 313 g/mol. The molecule has 23 heavy (non-hydrogen) atoms. The zero-order chi connectivity index (χ0) is 16.4. The Labute approximate surface area is 136 Å². The highest BCUT2D eigenvalue weighted by molar-refractivity contribution is 5.73. The van der Waals surface area contributed by atoms with Gasteiger partial charge in [0.05, 0.1) is 12.3 Å². The number of carboxylic acid groups (broad SMARTS) is 1. The minimum absolute atomic E-state index is 0.147. The molecule has 0 bridgehead atoms. The van der Waals surface area contributed by atoms with Gasteiger partial charge in [0.25, 0.3) is 0 Å². The normalized spacial score (nSPS) is 20.3. The molecule has 4 nitrogen and oxygen atoms in total. The molecule has 0 aliphatic carbocycles. The summed E-state index contributed by atoms with van der Waals surface area (Å²) in [6.07, 6.45) is 4.33. The summed E-state index contributed by atoms with van der Waals surface area (Å²) < 4.78 is 5.69. The molecule has 1 aliphatic rings. The smallest absolute Gasteiger partial charge is 0.320 e. The molecule has 2 unspecified atom stereocenters. The van der Waals surface area contributed by atoms with E-state index in [0.717, 1.165) is 36.3 Å². The van der Waals surface area contributed by atoms with Crippen LogP contribution in [0.5, 0.6) is 0 Å². The van der Waals surface area contributed by atoms with Crippen molar-refractivity contribution in [2.45, 2.75) is 45.2 Å². The first-order valence-corrected chi connectivity index (χ1v) is 8.17. The lowest BCUT2D eigenvalue weighted by Gasteiger charge is -2.39. The predicted molar refractivity (Wildman–Crippen MR) is 88.4 cm³/mol. The number of hydrogen-bond acceptors (Lipinski definition) is 3. The maximum atomic E-state index is 11.7. The highest BCUT2D eigenvalue weighted by atomic mass is 16.4. The molecule has 0 amide bonds. The SMILES string of the molecule is Cc1ccc(C)c(C(c2ccco2)N2CCCCC2C(=O)O)c1. The first kappa shape index (κ1) is 15.8. The van der Waals surface area contributed by atoms with Crippen molar-refractivity contribution >= 4 is 5.97 Å². The molecule has 0 radical (unpaired) electrons. The lowest BCUT2D eigenvalue weighted by molar-refractivity contribution is -0.145. The van der Waals surface area contributed by atoms with Gasteiger partial charge in [0.1, 0.15) is 11.8 Å². The van der Waals surface area contributed by atoms with Crippen LogP contribution in [0.1, 0.15) is 47.8 Å². The van der Waals surface area contributed by atoms with Crippen molar-refractivity contribution in [3.05, 3.63) is 59.0 Å². The second kappa shape index (κ2) is 6.59. The van der Waals surface area contributed by atoms with Gasteiger partial charge in [-0.05, 0) is 49.9 Å². The van der Waals surface area contributed by atoms with E-state index >= 15 is 0 Å². The van der Waals surface area contributed by atoms with E-state index in [1.807, 2.05) is 12.1 Å². The van der Waals surface area contributed by atoms with Crippen LogP contribution in [0, 0.1) is 13.8 Å². The van der Waals surface area contributed by atoms with E-state index in [4.69, 9.17) is 4.42 Å². The van der Waals surface area contributed by atoms with Crippen LogP contribution in [0.15, 0.2) is 41.0 Å². The van der Waals surface area contributed by atoms with E-state index in [0.29, 0.717) is 6.42 Å². The van der Waals surface area contributed by atoms with Crippen LogP contribution in [0.2, 0.25) is 0 Å². The number of aliphatic carboxylic acids is 1. The molecule has 1 fully saturated rings. The summed E-state index contributed by atoms with van der Waals surface area (Å²) in [5, 5.41) is 9.65. The number of nitrogens with zero attached hydrogens (tertiary/aromatic N) is 1. The van der Waals surface area contributed by atoms with Crippen LogP contribution in [-0.4, -0.2) is 28.6 Å². The molecular weight excluding hydrogens is 290 g/mol. The number of hydrogen-bond donors (Lipinski definition) is 1. The number of piperidine rings is 1. The van der Waals surface area contributed by atoms with Crippen molar-refractivity contribution in [1.29, 1.82) is 0 Å². The van der Waals surface area contributed by atoms with Gasteiger partial charge in [-0.15, -0.1) is 0 Å². The van der Waals surface area contributed by atoms with Gasteiger partial charge < -0.3 is 9.52 Å². The van der Waals surface area contributed by atoms with Crippen LogP contribution >= 0.6 is 0 Å². The largest absolute Gasteiger partial charge is 0.480 e. The van der Waals surface area contributed by atoms with Gasteiger partial charge in [0.2, 0.25) is 0 Å². The summed E-state index contributed by atoms with van der Waals surface area (Å²) in [6.45, 7) is 4.91. The Morgan fingerprint density at radius 1 is 1.30 bits per heavy atom. The average Bonchev–Trinajstić information content (AvgIpc) is 3.05. The summed E-state index contributed by atoms with van der Waals surface area (Å²) in [7, 11) is 0. The molecule has 0 saturated carbocycles. The van der Waals surface area contributed by atoms with Gasteiger partial charge >= 0.3 is 5.97 Å². The van der Waals surface area contributed by atoms with Crippen molar-refractivity contribution in [1.82, 2.24) is 4.90 Å². The Bertz CT molecular complexity index is 678. The molecule has 2 atom stereocenters. The highest BCUT2D eigenvalue weighted by Gasteiger charge is 2.36. The summed E-state index contributed by atoms with van der Waals surface area (Å²) in [6, 6.07) is 9.54. The zero-order valence-corrected chi connectivity index (χ0v) is 13.7. The average molecular weight is 313 g/mol. The molecular formula is C19H23NO3. The zero-order valence-electron chi connectivity index (χ0n) is 13.7. The van der Waals surface area contributed by atoms with E-state index in [-0.39, 0.29) is 6.04 Å². The Hall–Kier alpha value is -2.07. The van der Waals surface area contributed by atoms with Crippen molar-refractivity contribution in [3.63, 3.8) is 0 Å². The number of aryl methyl sites for hydroxylation is 2. The molecule has 1 N–H and O–H groups in total. The third-order valence-corrected chi connectivity index (χ3v) is 4.70. The van der Waals surface area contributed by atoms with E-state index in [1.165, 1.54) is 5.56 Å². The Morgan fingerprint density at radius 3 is 2.83 bits per heavy atom. The van der Waals surface area contributed by atoms with Gasteiger partial charge in [-0.25, -0.2) is 0 Å². The van der Waals surface area contributed by atoms with Crippen molar-refractivity contribution in [3.8, 4) is 0 Å². The van der Waals surface area contributed by atoms with Gasteiger partial charge in [0, 0.05) is 6.54 Å². The molecule has 4 heteroatoms. The number of carbonyl (C=O) groups is 1. The van der Waals surface area contributed by atoms with E-state index in [9.17, 15) is 9.90 Å². The minimum Gasteiger partial charge on any atom is -0.480 e. The van der Waals surface area contributed by atoms with Crippen LogP contribution in [0.4, 0.5) is 0 Å². The lowest BCUT2D eigenvalue weighted by atomic mass is 9.91. The van der Waals surface area contributed by atoms with E-state index in [2.05, 4.69) is 36.9 Å². The number of likely N-dealkylation sites (tertiary alicyclic amines) is 1. The first-order chi connectivity index (χ1) is 11.1. The standard InChI is InChI=1S/C19H23NO3/c1-13-8-9-14(2)15(12-13)18(17-7-5-11-23-17)20-10-4-3-6-16(20)19(21)22/h5,7-9,11-12,16,18H,3-4,6,10H2,1-2H3,(H,21,22). The van der Waals surface area contributed by atoms with Gasteiger partial charge in [-0.1, -0.05) is 30.2 Å². The summed E-state index contributed by atoms with van der Waals surface area (Å²) in [4.78, 5) is 13.8. The second-order valence-corrected chi connectivity index (χ2v) is 6.37. The molecule has 2 aromatic rings. The summed E-state index contributed by atoms with van der Waals surface area (Å²) >= 11 is 0. The minimum atomic E-state index is -0.744. The maximum Gasteiger partial charge on any atom is 0.320 e. The van der Waals surface area contributed by atoms with Gasteiger partial charge in [0.15, 0.2) is 0 Å². The number of benzene rings is 1. The lowest BCUT2D eigenvalue weighted by Crippen LogP contribution is -2.46. The Balaban J connectivity index is 2.09. The topological polar surface area (TPSA) is 53.7 Å². The van der Waals surface area contributed by atoms with Crippen molar-refractivity contribution in [2.24, 2.45) is 0 Å². The molecule has 1 aromatic heterocycles. The molecule has 1 saturated heterocycles. The highest BCUT2D eigenvalue weighted by Crippen LogP contribution is 2.36. The third-order valence-electron chi connectivity index (χ3n) is 4.70. The number of rotatable bonds is 4. The maximum absolute atomic E-state index is 11.7. The second-order valence-electron chi connectivity index (χ2n) is 6.37. The molecule has 2 heterocycles. The molecule has 122 valence electrons. The molecule has 1 aromatic carbocycles. The summed E-state index contributed by atoms with van der Waals surface area (Å²) in [5.41, 5.74) is 3.46.